The van der Waals surface area contributed by atoms with Crippen molar-refractivity contribution in [3.63, 3.8) is 0 Å². The number of aromatic amines is 1. The number of aromatic nitrogens is 2. The fourth-order valence-corrected chi connectivity index (χ4v) is 3.32. The van der Waals surface area contributed by atoms with Gasteiger partial charge in [-0.05, 0) is 31.0 Å². The van der Waals surface area contributed by atoms with Gasteiger partial charge in [0.2, 0.25) is 0 Å². The number of halogens is 3. The maximum absolute atomic E-state index is 12.3. The van der Waals surface area contributed by atoms with Crippen molar-refractivity contribution in [3.8, 4) is 6.01 Å². The lowest BCUT2D eigenvalue weighted by atomic mass is 9.96. The van der Waals surface area contributed by atoms with E-state index in [4.69, 9.17) is 4.74 Å². The van der Waals surface area contributed by atoms with Crippen LogP contribution in [0, 0.1) is 0 Å². The summed E-state index contributed by atoms with van der Waals surface area (Å²) in [5.74, 6) is 1.19. The lowest BCUT2D eigenvalue weighted by Crippen LogP contribution is -2.25. The van der Waals surface area contributed by atoms with Crippen LogP contribution in [0.25, 0.3) is 11.0 Å². The molecule has 25 heavy (non-hydrogen) atoms. The number of nitrogens with zero attached hydrogens (tertiary/aromatic N) is 1. The third-order valence-corrected chi connectivity index (χ3v) is 4.77. The Morgan fingerprint density at radius 2 is 2.00 bits per heavy atom. The highest BCUT2D eigenvalue weighted by Gasteiger charge is 2.30. The van der Waals surface area contributed by atoms with Gasteiger partial charge in [0, 0.05) is 11.8 Å². The molecule has 140 valence electrons. The molecule has 2 N–H and O–H groups in total. The molecule has 1 heterocycles. The molecule has 4 nitrogen and oxygen atoms in total. The summed E-state index contributed by atoms with van der Waals surface area (Å²) in [4.78, 5) is 6.53. The normalized spacial score (nSPS) is 15.7. The van der Waals surface area contributed by atoms with Gasteiger partial charge >= 0.3 is 6.18 Å². The Balaban J connectivity index is 0.000000196. The quantitative estimate of drug-likeness (QED) is 0.724. The van der Waals surface area contributed by atoms with E-state index in [1.165, 1.54) is 51.0 Å². The third kappa shape index (κ3) is 6.11. The molecule has 0 aliphatic heterocycles. The van der Waals surface area contributed by atoms with Crippen LogP contribution >= 0.6 is 11.9 Å². The van der Waals surface area contributed by atoms with Crippen LogP contribution in [0.3, 0.4) is 0 Å². The minimum Gasteiger partial charge on any atom is -0.468 e. The standard InChI is InChI=1S/C9H7F3N2O.C8H17NS/c1-15-8-13-6-3-2-5(9(10,11)12)4-7(6)14-8;1-2-10-9-8-6-4-3-5-7-8/h2-4H,1H3,(H,13,14);8-9H,2-7H2,1H3. The lowest BCUT2D eigenvalue weighted by molar-refractivity contribution is -0.137. The summed E-state index contributed by atoms with van der Waals surface area (Å²) in [6.45, 7) is 2.19. The molecule has 0 radical (unpaired) electrons. The van der Waals surface area contributed by atoms with Gasteiger partial charge in [0.05, 0.1) is 23.7 Å². The Labute approximate surface area is 150 Å². The van der Waals surface area contributed by atoms with Gasteiger partial charge in [-0.25, -0.2) is 0 Å². The molecular weight excluding hydrogens is 351 g/mol. The largest absolute Gasteiger partial charge is 0.468 e. The first-order valence-corrected chi connectivity index (χ1v) is 9.41. The zero-order valence-electron chi connectivity index (χ0n) is 14.4. The van der Waals surface area contributed by atoms with Gasteiger partial charge in [-0.15, -0.1) is 0 Å². The minimum atomic E-state index is -4.34. The summed E-state index contributed by atoms with van der Waals surface area (Å²) < 4.78 is 45.3. The zero-order chi connectivity index (χ0) is 18.3. The van der Waals surface area contributed by atoms with E-state index in [-0.39, 0.29) is 6.01 Å². The molecule has 1 aromatic heterocycles. The van der Waals surface area contributed by atoms with Crippen molar-refractivity contribution >= 4 is 23.0 Å². The predicted molar refractivity (Wildman–Crippen MR) is 95.8 cm³/mol. The van der Waals surface area contributed by atoms with Crippen molar-refractivity contribution in [1.29, 1.82) is 0 Å². The number of alkyl halides is 3. The monoisotopic (exact) mass is 375 g/mol. The van der Waals surface area contributed by atoms with E-state index in [0.29, 0.717) is 11.0 Å². The number of H-pyrrole nitrogens is 1. The maximum atomic E-state index is 12.3. The minimum absolute atomic E-state index is 0.198. The number of fused-ring (bicyclic) bond motifs is 1. The van der Waals surface area contributed by atoms with Crippen molar-refractivity contribution in [2.75, 3.05) is 12.9 Å². The molecule has 0 saturated heterocycles. The van der Waals surface area contributed by atoms with E-state index in [9.17, 15) is 13.2 Å². The van der Waals surface area contributed by atoms with E-state index in [2.05, 4.69) is 21.6 Å². The molecule has 3 rings (SSSR count). The number of nitrogens with one attached hydrogen (secondary N) is 2. The number of rotatable bonds is 4. The Kier molecular flexibility index (Phi) is 7.43. The molecule has 1 fully saturated rings. The average molecular weight is 375 g/mol. The van der Waals surface area contributed by atoms with E-state index in [1.54, 1.807) is 0 Å². The molecule has 1 aliphatic carbocycles. The first-order valence-electron chi connectivity index (χ1n) is 8.42. The molecule has 1 aliphatic rings. The average Bonchev–Trinajstić information content (AvgIpc) is 3.03. The van der Waals surface area contributed by atoms with Gasteiger partial charge in [0.15, 0.2) is 0 Å². The number of hydrogen-bond donors (Lipinski definition) is 2. The van der Waals surface area contributed by atoms with Crippen LogP contribution in [0.15, 0.2) is 18.2 Å². The topological polar surface area (TPSA) is 49.9 Å². The SMILES string of the molecule is CCSNC1CCCCC1.COc1nc2ccc(C(F)(F)F)cc2[nH]1. The molecule has 0 amide bonds. The highest BCUT2D eigenvalue weighted by molar-refractivity contribution is 7.97. The van der Waals surface area contributed by atoms with Crippen LogP contribution in [-0.4, -0.2) is 28.9 Å². The summed E-state index contributed by atoms with van der Waals surface area (Å²) >= 11 is 1.86. The fraction of sp³-hybridized carbons (Fsp3) is 0.588. The maximum Gasteiger partial charge on any atom is 0.416 e. The van der Waals surface area contributed by atoms with E-state index in [0.717, 1.165) is 18.2 Å². The molecule has 8 heteroatoms. The highest BCUT2D eigenvalue weighted by Crippen LogP contribution is 2.31. The molecule has 0 atom stereocenters. The van der Waals surface area contributed by atoms with Gasteiger partial charge in [0.25, 0.3) is 6.01 Å². The summed E-state index contributed by atoms with van der Waals surface area (Å²) in [6, 6.07) is 4.31. The fourth-order valence-electron chi connectivity index (χ4n) is 2.68. The summed E-state index contributed by atoms with van der Waals surface area (Å²) in [6.07, 6.45) is 2.77. The molecule has 1 saturated carbocycles. The van der Waals surface area contributed by atoms with Gasteiger partial charge < -0.3 is 9.72 Å². The van der Waals surface area contributed by atoms with Crippen LogP contribution in [0.5, 0.6) is 6.01 Å². The summed E-state index contributed by atoms with van der Waals surface area (Å²) in [5.41, 5.74) is 0.0443. The van der Waals surface area contributed by atoms with E-state index in [1.807, 2.05) is 11.9 Å². The zero-order valence-corrected chi connectivity index (χ0v) is 15.3. The summed E-state index contributed by atoms with van der Waals surface area (Å²) in [7, 11) is 1.39. The smallest absolute Gasteiger partial charge is 0.416 e. The third-order valence-electron chi connectivity index (χ3n) is 3.98. The van der Waals surface area contributed by atoms with Crippen molar-refractivity contribution in [3.05, 3.63) is 23.8 Å². The Bertz CT molecular complexity index is 654. The van der Waals surface area contributed by atoms with Crippen LogP contribution < -0.4 is 9.46 Å². The second kappa shape index (κ2) is 9.33. The van der Waals surface area contributed by atoms with Crippen LogP contribution in [0.4, 0.5) is 13.2 Å². The highest BCUT2D eigenvalue weighted by atomic mass is 32.2. The van der Waals surface area contributed by atoms with Gasteiger partial charge in [-0.2, -0.15) is 18.2 Å². The van der Waals surface area contributed by atoms with Crippen molar-refractivity contribution in [1.82, 2.24) is 14.7 Å². The molecule has 0 spiro atoms. The number of imidazole rings is 1. The predicted octanol–water partition coefficient (Wildman–Crippen LogP) is 5.17. The van der Waals surface area contributed by atoms with Gasteiger partial charge in [-0.3, -0.25) is 4.72 Å². The van der Waals surface area contributed by atoms with Crippen molar-refractivity contribution in [2.24, 2.45) is 0 Å². The van der Waals surface area contributed by atoms with Crippen LogP contribution in [0.1, 0.15) is 44.6 Å². The first-order chi connectivity index (χ1) is 11.9. The number of benzene rings is 1. The van der Waals surface area contributed by atoms with Crippen LogP contribution in [0.2, 0.25) is 0 Å². The number of ether oxygens (including phenoxy) is 1. The number of methoxy groups -OCH3 is 1. The lowest BCUT2D eigenvalue weighted by Gasteiger charge is -2.21. The Morgan fingerprint density at radius 1 is 1.28 bits per heavy atom. The second-order valence-electron chi connectivity index (χ2n) is 5.86. The number of hydrogen-bond acceptors (Lipinski definition) is 4. The van der Waals surface area contributed by atoms with Crippen molar-refractivity contribution in [2.45, 2.75) is 51.2 Å². The van der Waals surface area contributed by atoms with Gasteiger partial charge in [0.1, 0.15) is 0 Å². The van der Waals surface area contributed by atoms with Crippen molar-refractivity contribution < 1.29 is 17.9 Å². The molecule has 0 unspecified atom stereocenters. The van der Waals surface area contributed by atoms with E-state index >= 15 is 0 Å². The Morgan fingerprint density at radius 3 is 2.60 bits per heavy atom. The summed E-state index contributed by atoms with van der Waals surface area (Å²) in [5, 5.41) is 0. The molecular formula is C17H24F3N3OS. The first kappa shape index (κ1) is 19.9. The van der Waals surface area contributed by atoms with Crippen LogP contribution in [-0.2, 0) is 6.18 Å². The Hall–Kier alpha value is -1.41. The van der Waals surface area contributed by atoms with Gasteiger partial charge in [-0.1, -0.05) is 38.1 Å². The van der Waals surface area contributed by atoms with E-state index < -0.39 is 11.7 Å². The molecule has 1 aromatic carbocycles. The molecule has 2 aromatic rings. The molecule has 0 bridgehead atoms. The second-order valence-corrected chi connectivity index (χ2v) is 6.96.